The Morgan fingerprint density at radius 1 is 0.465 bits per heavy atom. The molecule has 0 spiro atoms. The van der Waals surface area contributed by atoms with Gasteiger partial charge >= 0.3 is 30.0 Å². The van der Waals surface area contributed by atoms with Crippen molar-refractivity contribution in [2.45, 2.75) is 303 Å². The van der Waals surface area contributed by atoms with Crippen molar-refractivity contribution in [1.29, 1.82) is 0 Å². The predicted molar refractivity (Wildman–Crippen MR) is 483 cm³/mol. The third kappa shape index (κ3) is 153. The van der Waals surface area contributed by atoms with E-state index in [1.54, 1.807) is 160 Å². The van der Waals surface area contributed by atoms with Crippen LogP contribution in [0.2, 0.25) is 0 Å². The number of rotatable bonds is 19. The molecule has 0 aromatic heterocycles. The molecule has 28 heteroatoms. The van der Waals surface area contributed by atoms with Crippen LogP contribution in [0.4, 0.5) is 4.79 Å². The average Bonchev–Trinajstić information content (AvgIpc) is 0.907. The summed E-state index contributed by atoms with van der Waals surface area (Å²) in [6.07, 6.45) is -0.762. The minimum atomic E-state index is -0.840. The molecule has 0 fully saturated rings. The number of hydrogen-bond donors (Lipinski definition) is 14. The zero-order valence-electron chi connectivity index (χ0n) is 65.0. The lowest BCUT2D eigenvalue weighted by atomic mass is 9.98. The highest BCUT2D eigenvalue weighted by Crippen LogP contribution is 2.24. The average molecular weight is 1660 g/mol. The molecule has 28 nitrogen and oxygen atoms in total. The summed E-state index contributed by atoms with van der Waals surface area (Å²) >= 11 is 0. The number of nitrogens with zero attached hydrogens (tertiary/aromatic N) is 1. The Balaban J connectivity index is -0.0000000401. The number of ether oxygens (including phenoxy) is 8. The van der Waals surface area contributed by atoms with E-state index in [1.807, 2.05) is 87.5 Å². The lowest BCUT2D eigenvalue weighted by Crippen LogP contribution is -2.36. The Labute approximate surface area is 699 Å². The minimum Gasteiger partial charge on any atom is -0.508 e. The number of likely N-dealkylation sites (N-methyl/N-ethyl adjacent to an activating group) is 1. The topological polar surface area (TPSA) is 466 Å². The van der Waals surface area contributed by atoms with Gasteiger partial charge in [0.2, 0.25) is 0 Å². The van der Waals surface area contributed by atoms with Crippen molar-refractivity contribution < 1.29 is 117 Å². The van der Waals surface area contributed by atoms with E-state index in [9.17, 15) is 24.0 Å². The molecular formula is C86H188N5O23+. The molecule has 18 N–H and O–H groups in total. The van der Waals surface area contributed by atoms with E-state index in [0.717, 1.165) is 27.9 Å². The van der Waals surface area contributed by atoms with Crippen molar-refractivity contribution in [1.82, 2.24) is 0 Å². The Bertz CT molecular complexity index is 2470. The first-order valence-electron chi connectivity index (χ1n) is 33.0. The number of benzene rings is 4. The molecule has 114 heavy (non-hydrogen) atoms. The number of nitrogens with two attached hydrogens (primary N) is 4. The molecule has 4 aromatic rings. The second kappa shape index (κ2) is 110. The monoisotopic (exact) mass is 1660 g/mol. The number of quaternary nitrogens is 1. The van der Waals surface area contributed by atoms with Crippen molar-refractivity contribution in [3.63, 3.8) is 0 Å². The molecule has 0 aliphatic carbocycles. The minimum absolute atomic E-state index is 0. The standard InChI is InChI=1S/C9H12O2.C8H10O2.C7H15NO2.C7H8O.C6H13NO2.C6H12O3.C6H6O.C5H11NO2.C5H14NO.C5H10O4.C4H10O.C3H8O.C2H7NO.13CH4/c1-2-11-9-6-4-3-5-8(9)7-10;1-2-10-8-6-4-3-5-7(8)9;1-4-6(8)7(9)10-5(2)3;8-6-7-4-2-1-3-5-7;1-4(2)9-6(8)5(3)7;1-6(2,3)5(8)9-4-7;7-6-4-2-1-3-5-6;1-4(2)8-5(7)3-6;1-6(2,3)4-5-7;1-4(2)9-5(7)8-3-6;1-4(2,3)5;1-3(2)4;3-1-2-4;;;;;;;;;;;;;/h3-6,10H,2,7H2,1H3;3-6,9H,2H2,1H3;5-6H,4,8H2,1-3H3;1-5,8H,6H2;4-5H,7H2,1-3H3;7H,4H2,1-3H3;1-5,7H;4H,3,6H2,1-2H3;7H,4-5H2,1-3H3;4,6H,3H2,1-2H3;5H,1-3H3;3-4H,1-2H3;4H,1-3H2;13*1H4/q;;;;;;;;+1;;;;;;;;;;;;;;;;;. The van der Waals surface area contributed by atoms with Gasteiger partial charge in [-0.15, -0.1) is 0 Å². The summed E-state index contributed by atoms with van der Waals surface area (Å²) in [5.74, 6) is 0.460. The number of phenolic OH excluding ortho intramolecular Hbond substituents is 2. The first kappa shape index (κ1) is 166. The van der Waals surface area contributed by atoms with Crippen LogP contribution >= 0.6 is 0 Å². The van der Waals surface area contributed by atoms with E-state index in [0.29, 0.717) is 37.7 Å². The maximum absolute atomic E-state index is 10.8. The SMILES string of the molecule is C.C.C.C.C.C.C.C.C.C.C.C.C.CC(C)(C)C(=O)OCO.CC(C)(C)O.CC(C)O.CC(C)OC(=O)C(C)N.CC(C)OC(=O)CN.CC(C)OC(=O)OCO.CCC(N)C(=O)OC(C)C.CCOc1ccccc1CO.CCOc1ccccc1O.C[N+](C)(C)CCO.NCCO.OCc1ccccc1.Oc1ccccc1. The van der Waals surface area contributed by atoms with E-state index < -0.39 is 42.8 Å². The number of carbonyl (C=O) groups is 5. The molecule has 2 unspecified atom stereocenters. The molecule has 0 bridgehead atoms. The van der Waals surface area contributed by atoms with Crippen LogP contribution in [0, 0.1) is 5.41 Å². The summed E-state index contributed by atoms with van der Waals surface area (Å²) in [5.41, 5.74) is 21.1. The molecule has 0 radical (unpaired) electrons. The Kier molecular flexibility index (Phi) is 160. The van der Waals surface area contributed by atoms with Gasteiger partial charge in [0.1, 0.15) is 30.1 Å². The highest BCUT2D eigenvalue weighted by Gasteiger charge is 2.22. The summed E-state index contributed by atoms with van der Waals surface area (Å²) < 4.78 is 38.3. The fourth-order valence-corrected chi connectivity index (χ4v) is 4.67. The Morgan fingerprint density at radius 2 is 0.798 bits per heavy atom. The fraction of sp³-hybridized carbons (Fsp3) is 0.663. The third-order valence-electron chi connectivity index (χ3n) is 8.96. The van der Waals surface area contributed by atoms with Gasteiger partial charge in [-0.25, -0.2) is 4.79 Å². The number of aliphatic hydroxyl groups excluding tert-OH is 7. The molecule has 2 atom stereocenters. The quantitative estimate of drug-likeness (QED) is 0.0179. The number of para-hydroxylation sites is 4. The number of hydrogen-bond acceptors (Lipinski definition) is 27. The second-order valence-corrected chi connectivity index (χ2v) is 24.6. The zero-order chi connectivity index (χ0) is 80.8. The molecule has 4 aromatic carbocycles. The highest BCUT2D eigenvalue weighted by molar-refractivity contribution is 5.76. The van der Waals surface area contributed by atoms with Crippen LogP contribution in [0.1, 0.15) is 253 Å². The lowest BCUT2D eigenvalue weighted by Gasteiger charge is -2.21. The Morgan fingerprint density at radius 3 is 1.02 bits per heavy atom. The summed E-state index contributed by atoms with van der Waals surface area (Å²) in [6, 6.07) is 31.7. The zero-order valence-corrected chi connectivity index (χ0v) is 65.0. The summed E-state index contributed by atoms with van der Waals surface area (Å²) in [5, 5.41) is 84.0. The summed E-state index contributed by atoms with van der Waals surface area (Å²) in [7, 11) is 6.16. The molecule has 0 saturated heterocycles. The van der Waals surface area contributed by atoms with Gasteiger partial charge in [-0.3, -0.25) is 19.2 Å². The second-order valence-electron chi connectivity index (χ2n) is 24.6. The maximum atomic E-state index is 10.8. The van der Waals surface area contributed by atoms with Gasteiger partial charge in [0.05, 0.1) is 103 Å². The molecule has 0 amide bonds. The van der Waals surface area contributed by atoms with Gasteiger partial charge in [0.15, 0.2) is 25.1 Å². The van der Waals surface area contributed by atoms with E-state index in [1.165, 1.54) is 0 Å². The van der Waals surface area contributed by atoms with Crippen molar-refractivity contribution in [2.24, 2.45) is 28.3 Å². The van der Waals surface area contributed by atoms with Crippen LogP contribution in [0.25, 0.3) is 0 Å². The molecular weight excluding hydrogens is 1470 g/mol. The van der Waals surface area contributed by atoms with E-state index >= 15 is 0 Å². The van der Waals surface area contributed by atoms with Gasteiger partial charge in [0, 0.05) is 18.2 Å². The number of aliphatic hydroxyl groups is 8. The van der Waals surface area contributed by atoms with Crippen molar-refractivity contribution in [2.75, 3.05) is 80.8 Å². The number of aromatic hydroxyl groups is 2. The van der Waals surface area contributed by atoms with Gasteiger partial charge in [-0.2, -0.15) is 0 Å². The van der Waals surface area contributed by atoms with E-state index in [2.05, 4.69) is 40.1 Å². The fourth-order valence-electron chi connectivity index (χ4n) is 4.67. The van der Waals surface area contributed by atoms with Crippen molar-refractivity contribution >= 4 is 30.0 Å². The molecule has 0 aliphatic rings. The number of esters is 4. The van der Waals surface area contributed by atoms with Crippen molar-refractivity contribution in [3.05, 3.63) is 120 Å². The van der Waals surface area contributed by atoms with Crippen LogP contribution in [0.15, 0.2) is 109 Å². The predicted octanol–water partition coefficient (Wildman–Crippen LogP) is 15.9. The smallest absolute Gasteiger partial charge is 0.508 e. The van der Waals surface area contributed by atoms with Gasteiger partial charge in [0.25, 0.3) is 0 Å². The van der Waals surface area contributed by atoms with Gasteiger partial charge < -0.3 is 116 Å². The van der Waals surface area contributed by atoms with E-state index in [-0.39, 0.29) is 190 Å². The largest absolute Gasteiger partial charge is 0.510 e. The third-order valence-corrected chi connectivity index (χ3v) is 8.96. The molecule has 4 rings (SSSR count). The molecule has 0 aliphatic heterocycles. The normalized spacial score (nSPS) is 9.26. The molecule has 694 valence electrons. The number of carbonyl (C=O) groups excluding carboxylic acids is 5. The summed E-state index contributed by atoms with van der Waals surface area (Å²) in [6.45, 7) is 37.1. The van der Waals surface area contributed by atoms with Crippen LogP contribution in [0.5, 0.6) is 23.0 Å². The highest BCUT2D eigenvalue weighted by atomic mass is 16.8. The van der Waals surface area contributed by atoms with Crippen LogP contribution in [0.3, 0.4) is 0 Å². The molecule has 0 saturated carbocycles. The summed E-state index contributed by atoms with van der Waals surface area (Å²) in [4.78, 5) is 52.6. The first-order valence-corrected chi connectivity index (χ1v) is 33.0. The molecule has 0 heterocycles. The first-order chi connectivity index (χ1) is 46.7. The van der Waals surface area contributed by atoms with Crippen LogP contribution in [-0.2, 0) is 60.8 Å². The van der Waals surface area contributed by atoms with Crippen LogP contribution in [-0.4, -0.2) is 215 Å². The van der Waals surface area contributed by atoms with Crippen molar-refractivity contribution in [3.8, 4) is 23.0 Å². The lowest BCUT2D eigenvalue weighted by molar-refractivity contribution is -0.870. The number of phenols is 2. The maximum Gasteiger partial charge on any atom is 0.510 e. The Hall–Kier alpha value is -7.29. The van der Waals surface area contributed by atoms with Crippen LogP contribution < -0.4 is 32.4 Å². The van der Waals surface area contributed by atoms with Gasteiger partial charge in [-0.1, -0.05) is 182 Å². The van der Waals surface area contributed by atoms with Gasteiger partial charge in [-0.05, 0) is 174 Å². The van der Waals surface area contributed by atoms with E-state index in [4.69, 9.17) is 92.9 Å².